The van der Waals surface area contributed by atoms with Gasteiger partial charge in [0.1, 0.15) is 0 Å². The fraction of sp³-hybridized carbons (Fsp3) is 0.533. The lowest BCUT2D eigenvalue weighted by Crippen LogP contribution is -2.31. The number of aliphatic imine (C=N–C) groups is 1. The normalized spacial score (nSPS) is 18.6. The minimum absolute atomic E-state index is 0.366. The van der Waals surface area contributed by atoms with Gasteiger partial charge in [0.25, 0.3) is 0 Å². The average molecular weight is 261 g/mol. The number of nitrogens with two attached hydrogens (primary N) is 1. The number of benzene rings is 1. The van der Waals surface area contributed by atoms with Crippen molar-refractivity contribution in [3.63, 3.8) is 0 Å². The number of hydrogen-bond acceptors (Lipinski definition) is 2. The maximum absolute atomic E-state index is 10.2. The minimum atomic E-state index is -0.644. The third kappa shape index (κ3) is 3.96. The molecule has 0 heterocycles. The number of rotatable bonds is 3. The SMILES string of the molecule is Cc1cc(C)cc(NC(N)=NCC2(O)CCCC2)c1. The maximum atomic E-state index is 10.2. The molecule has 2 rings (SSSR count). The van der Waals surface area contributed by atoms with Crippen molar-refractivity contribution in [2.75, 3.05) is 11.9 Å². The highest BCUT2D eigenvalue weighted by Crippen LogP contribution is 2.29. The molecule has 4 nitrogen and oxygen atoms in total. The number of anilines is 1. The van der Waals surface area contributed by atoms with Crippen LogP contribution in [0.5, 0.6) is 0 Å². The molecule has 0 radical (unpaired) electrons. The van der Waals surface area contributed by atoms with Crippen molar-refractivity contribution >= 4 is 11.6 Å². The fourth-order valence-electron chi connectivity index (χ4n) is 2.66. The van der Waals surface area contributed by atoms with Gasteiger partial charge in [0, 0.05) is 5.69 Å². The molecule has 0 saturated heterocycles. The molecule has 19 heavy (non-hydrogen) atoms. The molecule has 1 aromatic carbocycles. The van der Waals surface area contributed by atoms with Gasteiger partial charge in [0.05, 0.1) is 12.1 Å². The molecule has 0 atom stereocenters. The summed E-state index contributed by atoms with van der Waals surface area (Å²) in [7, 11) is 0. The Labute approximate surface area is 114 Å². The zero-order valence-electron chi connectivity index (χ0n) is 11.7. The summed E-state index contributed by atoms with van der Waals surface area (Å²) in [5.41, 5.74) is 8.54. The van der Waals surface area contributed by atoms with Crippen LogP contribution in [0.4, 0.5) is 5.69 Å². The van der Waals surface area contributed by atoms with Crippen molar-refractivity contribution in [2.24, 2.45) is 10.7 Å². The molecule has 0 aliphatic heterocycles. The Hall–Kier alpha value is -1.55. The fourth-order valence-corrected chi connectivity index (χ4v) is 2.66. The Morgan fingerprint density at radius 2 is 1.84 bits per heavy atom. The average Bonchev–Trinajstić information content (AvgIpc) is 2.73. The molecule has 1 aromatic rings. The predicted octanol–water partition coefficient (Wildman–Crippen LogP) is 2.34. The van der Waals surface area contributed by atoms with Gasteiger partial charge >= 0.3 is 0 Å². The lowest BCUT2D eigenvalue weighted by molar-refractivity contribution is 0.0575. The quantitative estimate of drug-likeness (QED) is 0.577. The van der Waals surface area contributed by atoms with E-state index in [1.807, 2.05) is 26.0 Å². The van der Waals surface area contributed by atoms with E-state index in [1.54, 1.807) is 0 Å². The first-order chi connectivity index (χ1) is 8.97. The molecule has 1 saturated carbocycles. The molecule has 0 spiro atoms. The zero-order chi connectivity index (χ0) is 13.9. The van der Waals surface area contributed by atoms with Gasteiger partial charge in [-0.25, -0.2) is 0 Å². The van der Waals surface area contributed by atoms with E-state index in [0.29, 0.717) is 12.5 Å². The van der Waals surface area contributed by atoms with E-state index < -0.39 is 5.60 Å². The zero-order valence-corrected chi connectivity index (χ0v) is 11.7. The molecule has 104 valence electrons. The van der Waals surface area contributed by atoms with Crippen LogP contribution < -0.4 is 11.1 Å². The van der Waals surface area contributed by atoms with Gasteiger partial charge in [-0.15, -0.1) is 0 Å². The van der Waals surface area contributed by atoms with Crippen molar-refractivity contribution < 1.29 is 5.11 Å². The standard InChI is InChI=1S/C15H23N3O/c1-11-7-12(2)9-13(8-11)18-14(16)17-10-15(19)5-3-4-6-15/h7-9,19H,3-6,10H2,1-2H3,(H3,16,17,18). The van der Waals surface area contributed by atoms with Gasteiger partial charge < -0.3 is 16.2 Å². The highest BCUT2D eigenvalue weighted by atomic mass is 16.3. The molecule has 1 fully saturated rings. The Balaban J connectivity index is 1.98. The predicted molar refractivity (Wildman–Crippen MR) is 79.4 cm³/mol. The monoisotopic (exact) mass is 261 g/mol. The summed E-state index contributed by atoms with van der Waals surface area (Å²) in [5.74, 6) is 0.366. The molecular weight excluding hydrogens is 238 g/mol. The summed E-state index contributed by atoms with van der Waals surface area (Å²) in [4.78, 5) is 4.27. The molecular formula is C15H23N3O. The third-order valence-electron chi connectivity index (χ3n) is 3.57. The van der Waals surface area contributed by atoms with Gasteiger partial charge in [0.15, 0.2) is 5.96 Å². The molecule has 1 aliphatic rings. The number of guanidine groups is 1. The molecule has 4 heteroatoms. The first kappa shape index (κ1) is 13.9. The van der Waals surface area contributed by atoms with E-state index in [1.165, 1.54) is 11.1 Å². The highest BCUT2D eigenvalue weighted by Gasteiger charge is 2.30. The van der Waals surface area contributed by atoms with Crippen molar-refractivity contribution in [1.82, 2.24) is 0 Å². The van der Waals surface area contributed by atoms with E-state index in [4.69, 9.17) is 5.73 Å². The first-order valence-corrected chi connectivity index (χ1v) is 6.84. The van der Waals surface area contributed by atoms with Crippen molar-refractivity contribution in [1.29, 1.82) is 0 Å². The molecule has 4 N–H and O–H groups in total. The number of aryl methyl sites for hydroxylation is 2. The number of aliphatic hydroxyl groups is 1. The molecule has 0 amide bonds. The van der Waals surface area contributed by atoms with Crippen LogP contribution >= 0.6 is 0 Å². The van der Waals surface area contributed by atoms with E-state index >= 15 is 0 Å². The van der Waals surface area contributed by atoms with Gasteiger partial charge in [-0.05, 0) is 49.9 Å². The Morgan fingerprint density at radius 3 is 2.42 bits per heavy atom. The topological polar surface area (TPSA) is 70.6 Å². The second-order valence-electron chi connectivity index (χ2n) is 5.63. The number of nitrogens with zero attached hydrogens (tertiary/aromatic N) is 1. The van der Waals surface area contributed by atoms with E-state index in [-0.39, 0.29) is 0 Å². The van der Waals surface area contributed by atoms with Crippen molar-refractivity contribution in [2.45, 2.75) is 45.1 Å². The summed E-state index contributed by atoms with van der Waals surface area (Å²) >= 11 is 0. The van der Waals surface area contributed by atoms with Crippen LogP contribution in [0.3, 0.4) is 0 Å². The summed E-state index contributed by atoms with van der Waals surface area (Å²) in [6.07, 6.45) is 3.81. The summed E-state index contributed by atoms with van der Waals surface area (Å²) < 4.78 is 0. The maximum Gasteiger partial charge on any atom is 0.193 e. The first-order valence-electron chi connectivity index (χ1n) is 6.84. The summed E-state index contributed by atoms with van der Waals surface area (Å²) in [6, 6.07) is 6.17. The lowest BCUT2D eigenvalue weighted by Gasteiger charge is -2.19. The van der Waals surface area contributed by atoms with Crippen LogP contribution in [-0.4, -0.2) is 23.2 Å². The van der Waals surface area contributed by atoms with Crippen LogP contribution in [0.25, 0.3) is 0 Å². The summed E-state index contributed by atoms with van der Waals surface area (Å²) in [6.45, 7) is 4.48. The Morgan fingerprint density at radius 1 is 1.26 bits per heavy atom. The van der Waals surface area contributed by atoms with Crippen LogP contribution in [0.2, 0.25) is 0 Å². The second kappa shape index (κ2) is 5.61. The number of nitrogens with one attached hydrogen (secondary N) is 1. The smallest absolute Gasteiger partial charge is 0.193 e. The Bertz CT molecular complexity index is 456. The molecule has 1 aliphatic carbocycles. The molecule has 0 unspecified atom stereocenters. The minimum Gasteiger partial charge on any atom is -0.388 e. The number of hydrogen-bond donors (Lipinski definition) is 3. The van der Waals surface area contributed by atoms with Crippen molar-refractivity contribution in [3.8, 4) is 0 Å². The van der Waals surface area contributed by atoms with Gasteiger partial charge in [-0.1, -0.05) is 18.9 Å². The van der Waals surface area contributed by atoms with Gasteiger partial charge in [-0.2, -0.15) is 0 Å². The lowest BCUT2D eigenvalue weighted by atomic mass is 10.0. The van der Waals surface area contributed by atoms with E-state index in [9.17, 15) is 5.11 Å². The van der Waals surface area contributed by atoms with Crippen LogP contribution in [-0.2, 0) is 0 Å². The van der Waals surface area contributed by atoms with E-state index in [0.717, 1.165) is 31.4 Å². The largest absolute Gasteiger partial charge is 0.388 e. The van der Waals surface area contributed by atoms with E-state index in [2.05, 4.69) is 16.4 Å². The van der Waals surface area contributed by atoms with Gasteiger partial charge in [0.2, 0.25) is 0 Å². The van der Waals surface area contributed by atoms with Crippen LogP contribution in [0, 0.1) is 13.8 Å². The third-order valence-corrected chi connectivity index (χ3v) is 3.57. The van der Waals surface area contributed by atoms with Crippen LogP contribution in [0.15, 0.2) is 23.2 Å². The molecule has 0 bridgehead atoms. The molecule has 0 aromatic heterocycles. The highest BCUT2D eigenvalue weighted by molar-refractivity contribution is 5.92. The summed E-state index contributed by atoms with van der Waals surface area (Å²) in [5, 5.41) is 13.3. The Kier molecular flexibility index (Phi) is 4.10. The van der Waals surface area contributed by atoms with Gasteiger partial charge in [-0.3, -0.25) is 4.99 Å². The second-order valence-corrected chi connectivity index (χ2v) is 5.63. The van der Waals surface area contributed by atoms with Crippen molar-refractivity contribution in [3.05, 3.63) is 29.3 Å². The van der Waals surface area contributed by atoms with Crippen LogP contribution in [0.1, 0.15) is 36.8 Å².